The number of benzene rings is 1. The number of nitriles is 1. The smallest absolute Gasteiger partial charge is 0.253 e. The summed E-state index contributed by atoms with van der Waals surface area (Å²) in [5, 5.41) is 12.0. The van der Waals surface area contributed by atoms with E-state index in [9.17, 15) is 4.79 Å². The van der Waals surface area contributed by atoms with Crippen LogP contribution < -0.4 is 5.32 Å². The molecule has 1 atom stereocenters. The molecule has 2 rings (SSSR count). The lowest BCUT2D eigenvalue weighted by Gasteiger charge is -2.18. The van der Waals surface area contributed by atoms with Gasteiger partial charge in [0.05, 0.1) is 12.0 Å². The highest BCUT2D eigenvalue weighted by Crippen LogP contribution is 2.18. The van der Waals surface area contributed by atoms with Gasteiger partial charge in [-0.2, -0.15) is 5.26 Å². The maximum Gasteiger partial charge on any atom is 0.253 e. The SMILES string of the molecule is CC(C#N)CN(C)C(=O)c1ccc2c(c1)CNC2. The summed E-state index contributed by atoms with van der Waals surface area (Å²) in [5.74, 6) is -0.165. The van der Waals surface area contributed by atoms with Gasteiger partial charge >= 0.3 is 0 Å². The van der Waals surface area contributed by atoms with Gasteiger partial charge in [-0.1, -0.05) is 6.07 Å². The van der Waals surface area contributed by atoms with Crippen molar-refractivity contribution in [2.24, 2.45) is 5.92 Å². The molecule has 4 heteroatoms. The fourth-order valence-corrected chi connectivity index (χ4v) is 2.18. The van der Waals surface area contributed by atoms with Crippen LogP contribution in [0.5, 0.6) is 0 Å². The molecule has 0 fully saturated rings. The van der Waals surface area contributed by atoms with Crippen LogP contribution >= 0.6 is 0 Å². The normalized spacial score (nSPS) is 14.7. The van der Waals surface area contributed by atoms with Crippen molar-refractivity contribution in [1.29, 1.82) is 5.26 Å². The molecule has 94 valence electrons. The van der Waals surface area contributed by atoms with Gasteiger partial charge in [-0.05, 0) is 30.2 Å². The van der Waals surface area contributed by atoms with E-state index >= 15 is 0 Å². The van der Waals surface area contributed by atoms with E-state index in [1.54, 1.807) is 11.9 Å². The highest BCUT2D eigenvalue weighted by molar-refractivity contribution is 5.94. The second-order valence-electron chi connectivity index (χ2n) is 4.80. The van der Waals surface area contributed by atoms with E-state index in [0.717, 1.165) is 13.1 Å². The van der Waals surface area contributed by atoms with Gasteiger partial charge in [0.25, 0.3) is 5.91 Å². The Morgan fingerprint density at radius 2 is 2.22 bits per heavy atom. The van der Waals surface area contributed by atoms with Crippen molar-refractivity contribution in [2.45, 2.75) is 20.0 Å². The van der Waals surface area contributed by atoms with Crippen molar-refractivity contribution in [1.82, 2.24) is 10.2 Å². The Bertz CT molecular complexity index is 504. The van der Waals surface area contributed by atoms with Crippen molar-refractivity contribution in [3.05, 3.63) is 34.9 Å². The van der Waals surface area contributed by atoms with Crippen LogP contribution in [0.15, 0.2) is 18.2 Å². The van der Waals surface area contributed by atoms with Crippen LogP contribution in [0.25, 0.3) is 0 Å². The average Bonchev–Trinajstić information content (AvgIpc) is 2.84. The Kier molecular flexibility index (Phi) is 3.63. The second-order valence-corrected chi connectivity index (χ2v) is 4.80. The van der Waals surface area contributed by atoms with E-state index < -0.39 is 0 Å². The third-order valence-electron chi connectivity index (χ3n) is 3.20. The average molecular weight is 243 g/mol. The minimum absolute atomic E-state index is 0.0215. The molecule has 1 aliphatic heterocycles. The molecule has 1 amide bonds. The van der Waals surface area contributed by atoms with Crippen LogP contribution in [0.4, 0.5) is 0 Å². The van der Waals surface area contributed by atoms with Gasteiger partial charge in [0.2, 0.25) is 0 Å². The Labute approximate surface area is 107 Å². The lowest BCUT2D eigenvalue weighted by molar-refractivity contribution is 0.0785. The van der Waals surface area contributed by atoms with Gasteiger partial charge in [0, 0.05) is 32.2 Å². The standard InChI is InChI=1S/C14H17N3O/c1-10(6-15)9-17(2)14(18)11-3-4-12-7-16-8-13(12)5-11/h3-5,10,16H,7-9H2,1-2H3. The number of carbonyl (C=O) groups excluding carboxylic acids is 1. The molecule has 1 unspecified atom stereocenters. The Hall–Kier alpha value is -1.86. The highest BCUT2D eigenvalue weighted by atomic mass is 16.2. The minimum Gasteiger partial charge on any atom is -0.340 e. The molecular weight excluding hydrogens is 226 g/mol. The zero-order chi connectivity index (χ0) is 13.1. The number of fused-ring (bicyclic) bond motifs is 1. The first kappa shape index (κ1) is 12.6. The Morgan fingerprint density at radius 3 is 2.94 bits per heavy atom. The van der Waals surface area contributed by atoms with Gasteiger partial charge in [-0.15, -0.1) is 0 Å². The fourth-order valence-electron chi connectivity index (χ4n) is 2.18. The molecule has 1 N–H and O–H groups in total. The van der Waals surface area contributed by atoms with Crippen molar-refractivity contribution >= 4 is 5.91 Å². The molecule has 0 radical (unpaired) electrons. The van der Waals surface area contributed by atoms with E-state index in [-0.39, 0.29) is 11.8 Å². The van der Waals surface area contributed by atoms with E-state index in [1.165, 1.54) is 11.1 Å². The van der Waals surface area contributed by atoms with E-state index in [0.29, 0.717) is 12.1 Å². The molecule has 0 saturated heterocycles. The number of nitrogens with zero attached hydrogens (tertiary/aromatic N) is 2. The first-order valence-electron chi connectivity index (χ1n) is 6.09. The fraction of sp³-hybridized carbons (Fsp3) is 0.429. The molecule has 0 bridgehead atoms. The van der Waals surface area contributed by atoms with Crippen LogP contribution in [-0.4, -0.2) is 24.4 Å². The summed E-state index contributed by atoms with van der Waals surface area (Å²) >= 11 is 0. The molecule has 0 saturated carbocycles. The van der Waals surface area contributed by atoms with Crippen LogP contribution in [0, 0.1) is 17.2 Å². The number of rotatable bonds is 3. The van der Waals surface area contributed by atoms with E-state index in [1.807, 2.05) is 25.1 Å². The summed E-state index contributed by atoms with van der Waals surface area (Å²) in [7, 11) is 1.74. The number of carbonyl (C=O) groups is 1. The molecule has 1 heterocycles. The molecule has 1 aromatic rings. The lowest BCUT2D eigenvalue weighted by Crippen LogP contribution is -2.30. The van der Waals surface area contributed by atoms with Gasteiger partial charge in [-0.25, -0.2) is 0 Å². The van der Waals surface area contributed by atoms with Gasteiger partial charge < -0.3 is 10.2 Å². The summed E-state index contributed by atoms with van der Waals surface area (Å²) in [6.45, 7) is 3.99. The van der Waals surface area contributed by atoms with Gasteiger partial charge in [0.15, 0.2) is 0 Å². The molecule has 18 heavy (non-hydrogen) atoms. The first-order chi connectivity index (χ1) is 8.61. The summed E-state index contributed by atoms with van der Waals surface area (Å²) in [6.07, 6.45) is 0. The summed E-state index contributed by atoms with van der Waals surface area (Å²) in [4.78, 5) is 13.8. The zero-order valence-electron chi connectivity index (χ0n) is 10.7. The van der Waals surface area contributed by atoms with Gasteiger partial charge in [0.1, 0.15) is 0 Å². The Balaban J connectivity index is 2.12. The van der Waals surface area contributed by atoms with Crippen molar-refractivity contribution in [2.75, 3.05) is 13.6 Å². The predicted molar refractivity (Wildman–Crippen MR) is 68.7 cm³/mol. The number of hydrogen-bond acceptors (Lipinski definition) is 3. The van der Waals surface area contributed by atoms with E-state index in [4.69, 9.17) is 5.26 Å². The van der Waals surface area contributed by atoms with E-state index in [2.05, 4.69) is 11.4 Å². The first-order valence-corrected chi connectivity index (χ1v) is 6.09. The monoisotopic (exact) mass is 243 g/mol. The summed E-state index contributed by atoms with van der Waals surface area (Å²) in [5.41, 5.74) is 3.16. The van der Waals surface area contributed by atoms with Crippen molar-refractivity contribution in [3.63, 3.8) is 0 Å². The van der Waals surface area contributed by atoms with Crippen LogP contribution in [-0.2, 0) is 13.1 Å². The Morgan fingerprint density at radius 1 is 1.50 bits per heavy atom. The second kappa shape index (κ2) is 5.19. The lowest BCUT2D eigenvalue weighted by atomic mass is 10.1. The van der Waals surface area contributed by atoms with Crippen molar-refractivity contribution < 1.29 is 4.79 Å². The molecule has 4 nitrogen and oxygen atoms in total. The van der Waals surface area contributed by atoms with Gasteiger partial charge in [-0.3, -0.25) is 4.79 Å². The zero-order valence-corrected chi connectivity index (χ0v) is 10.7. The quantitative estimate of drug-likeness (QED) is 0.875. The maximum absolute atomic E-state index is 12.2. The molecule has 1 aromatic carbocycles. The predicted octanol–water partition coefficient (Wildman–Crippen LogP) is 1.52. The topological polar surface area (TPSA) is 56.1 Å². The molecule has 0 aliphatic carbocycles. The number of hydrogen-bond donors (Lipinski definition) is 1. The number of amides is 1. The largest absolute Gasteiger partial charge is 0.340 e. The van der Waals surface area contributed by atoms with Crippen LogP contribution in [0.3, 0.4) is 0 Å². The minimum atomic E-state index is -0.143. The molecule has 0 spiro atoms. The number of nitrogens with one attached hydrogen (secondary N) is 1. The van der Waals surface area contributed by atoms with Crippen LogP contribution in [0.2, 0.25) is 0 Å². The summed E-state index contributed by atoms with van der Waals surface area (Å²) in [6, 6.07) is 7.96. The third kappa shape index (κ3) is 2.52. The molecule has 1 aliphatic rings. The van der Waals surface area contributed by atoms with Crippen LogP contribution in [0.1, 0.15) is 28.4 Å². The van der Waals surface area contributed by atoms with Crippen molar-refractivity contribution in [3.8, 4) is 6.07 Å². The molecular formula is C14H17N3O. The third-order valence-corrected chi connectivity index (χ3v) is 3.20. The highest BCUT2D eigenvalue weighted by Gasteiger charge is 2.17. The molecule has 0 aromatic heterocycles. The maximum atomic E-state index is 12.2. The summed E-state index contributed by atoms with van der Waals surface area (Å²) < 4.78 is 0.